The van der Waals surface area contributed by atoms with E-state index in [-0.39, 0.29) is 6.10 Å². The number of pyridine rings is 1. The molecule has 1 N–H and O–H groups in total. The number of aromatic amines is 1. The molecule has 0 aliphatic heterocycles. The zero-order chi connectivity index (χ0) is 14.4. The van der Waals surface area contributed by atoms with Crippen LogP contribution in [0.25, 0.3) is 11.5 Å². The highest BCUT2D eigenvalue weighted by molar-refractivity contribution is 7.71. The second-order valence-electron chi connectivity index (χ2n) is 4.85. The summed E-state index contributed by atoms with van der Waals surface area (Å²) in [6.45, 7) is 5.70. The molecule has 0 unspecified atom stereocenters. The van der Waals surface area contributed by atoms with Crippen molar-refractivity contribution in [1.29, 1.82) is 0 Å². The van der Waals surface area contributed by atoms with E-state index in [1.807, 2.05) is 36.6 Å². The summed E-state index contributed by atoms with van der Waals surface area (Å²) >= 11 is 5.28. The van der Waals surface area contributed by atoms with E-state index in [1.54, 1.807) is 6.20 Å². The van der Waals surface area contributed by atoms with Crippen LogP contribution in [0.3, 0.4) is 0 Å². The van der Waals surface area contributed by atoms with Crippen LogP contribution in [-0.4, -0.2) is 32.5 Å². The number of hydrogen-bond donors (Lipinski definition) is 1. The van der Waals surface area contributed by atoms with Crippen molar-refractivity contribution >= 4 is 12.2 Å². The van der Waals surface area contributed by atoms with Gasteiger partial charge in [-0.3, -0.25) is 14.6 Å². The lowest BCUT2D eigenvalue weighted by Gasteiger charge is -2.08. The number of ether oxygens (including phenoxy) is 1. The third kappa shape index (κ3) is 3.98. The van der Waals surface area contributed by atoms with Crippen molar-refractivity contribution in [2.45, 2.75) is 39.3 Å². The van der Waals surface area contributed by atoms with Crippen LogP contribution in [0.5, 0.6) is 0 Å². The fourth-order valence-corrected chi connectivity index (χ4v) is 2.13. The van der Waals surface area contributed by atoms with Gasteiger partial charge in [0.05, 0.1) is 6.10 Å². The Balaban J connectivity index is 1.98. The fraction of sp³-hybridized carbons (Fsp3) is 0.500. The zero-order valence-electron chi connectivity index (χ0n) is 11.9. The minimum Gasteiger partial charge on any atom is -0.379 e. The lowest BCUT2D eigenvalue weighted by molar-refractivity contribution is 0.0754. The molecule has 0 fully saturated rings. The van der Waals surface area contributed by atoms with Gasteiger partial charge in [0, 0.05) is 19.3 Å². The normalized spacial score (nSPS) is 11.2. The molecule has 0 bridgehead atoms. The molecule has 0 atom stereocenters. The number of nitrogens with zero attached hydrogens (tertiary/aromatic N) is 3. The van der Waals surface area contributed by atoms with Crippen LogP contribution in [-0.2, 0) is 11.3 Å². The highest BCUT2D eigenvalue weighted by atomic mass is 32.1. The van der Waals surface area contributed by atoms with Crippen molar-refractivity contribution in [1.82, 2.24) is 19.7 Å². The third-order valence-electron chi connectivity index (χ3n) is 2.88. The second-order valence-corrected chi connectivity index (χ2v) is 5.23. The number of H-pyrrole nitrogens is 1. The number of nitrogens with one attached hydrogen (secondary N) is 1. The predicted octanol–water partition coefficient (Wildman–Crippen LogP) is 3.21. The maximum absolute atomic E-state index is 5.54. The molecule has 2 heterocycles. The Kier molecular flexibility index (Phi) is 5.43. The minimum absolute atomic E-state index is 0.287. The smallest absolute Gasteiger partial charge is 0.195 e. The molecule has 0 saturated carbocycles. The van der Waals surface area contributed by atoms with Crippen molar-refractivity contribution in [3.8, 4) is 11.5 Å². The van der Waals surface area contributed by atoms with E-state index in [4.69, 9.17) is 17.0 Å². The Hall–Kier alpha value is -1.53. The van der Waals surface area contributed by atoms with Gasteiger partial charge < -0.3 is 4.74 Å². The average Bonchev–Trinajstić information content (AvgIpc) is 2.80. The van der Waals surface area contributed by atoms with Gasteiger partial charge in [0.25, 0.3) is 0 Å². The Morgan fingerprint density at radius 3 is 2.90 bits per heavy atom. The highest BCUT2D eigenvalue weighted by Gasteiger charge is 2.09. The predicted molar refractivity (Wildman–Crippen MR) is 81.0 cm³/mol. The van der Waals surface area contributed by atoms with E-state index >= 15 is 0 Å². The SMILES string of the molecule is CC(C)OCCCCn1c(-c2ccccn2)n[nH]c1=S. The summed E-state index contributed by atoms with van der Waals surface area (Å²) in [7, 11) is 0. The van der Waals surface area contributed by atoms with Crippen LogP contribution in [0, 0.1) is 4.77 Å². The summed E-state index contributed by atoms with van der Waals surface area (Å²) < 4.78 is 8.16. The van der Waals surface area contributed by atoms with Crippen LogP contribution in [0.15, 0.2) is 24.4 Å². The third-order valence-corrected chi connectivity index (χ3v) is 3.19. The summed E-state index contributed by atoms with van der Waals surface area (Å²) in [5.74, 6) is 0.792. The standard InChI is InChI=1S/C14H20N4OS/c1-11(2)19-10-6-5-9-18-13(16-17-14(18)20)12-7-3-4-8-15-12/h3-4,7-8,11H,5-6,9-10H2,1-2H3,(H,17,20). The molecule has 0 aromatic carbocycles. The number of aromatic nitrogens is 4. The lowest BCUT2D eigenvalue weighted by atomic mass is 10.3. The van der Waals surface area contributed by atoms with Gasteiger partial charge in [-0.15, -0.1) is 0 Å². The van der Waals surface area contributed by atoms with E-state index in [0.29, 0.717) is 4.77 Å². The van der Waals surface area contributed by atoms with Crippen LogP contribution < -0.4 is 0 Å². The molecule has 0 amide bonds. The Morgan fingerprint density at radius 1 is 1.35 bits per heavy atom. The first kappa shape index (κ1) is 14.9. The molecule has 2 aromatic heterocycles. The van der Waals surface area contributed by atoms with Crippen LogP contribution in [0.2, 0.25) is 0 Å². The molecule has 0 saturated heterocycles. The number of unbranched alkanes of at least 4 members (excludes halogenated alkanes) is 1. The Bertz CT molecular complexity index is 576. The van der Waals surface area contributed by atoms with Crippen molar-refractivity contribution < 1.29 is 4.74 Å². The van der Waals surface area contributed by atoms with Crippen LogP contribution >= 0.6 is 12.2 Å². The summed E-state index contributed by atoms with van der Waals surface area (Å²) in [5, 5.41) is 7.10. The highest BCUT2D eigenvalue weighted by Crippen LogP contribution is 2.14. The molecule has 0 aliphatic carbocycles. The molecular formula is C14H20N4OS. The molecule has 108 valence electrons. The topological polar surface area (TPSA) is 55.7 Å². The van der Waals surface area contributed by atoms with Gasteiger partial charge in [-0.1, -0.05) is 6.07 Å². The first-order chi connectivity index (χ1) is 9.68. The van der Waals surface area contributed by atoms with Crippen LogP contribution in [0.1, 0.15) is 26.7 Å². The molecular weight excluding hydrogens is 272 g/mol. The Labute approximate surface area is 124 Å². The van der Waals surface area contributed by atoms with Crippen molar-refractivity contribution in [3.05, 3.63) is 29.2 Å². The van der Waals surface area contributed by atoms with Crippen LogP contribution in [0.4, 0.5) is 0 Å². The number of hydrogen-bond acceptors (Lipinski definition) is 4. The van der Waals surface area contributed by atoms with Gasteiger partial charge in [0.1, 0.15) is 5.69 Å². The molecule has 0 spiro atoms. The van der Waals surface area contributed by atoms with Gasteiger partial charge in [-0.05, 0) is 51.0 Å². The maximum Gasteiger partial charge on any atom is 0.195 e. The maximum atomic E-state index is 5.54. The number of rotatable bonds is 7. The van der Waals surface area contributed by atoms with Gasteiger partial charge >= 0.3 is 0 Å². The quantitative estimate of drug-likeness (QED) is 0.629. The van der Waals surface area contributed by atoms with E-state index in [9.17, 15) is 0 Å². The van der Waals surface area contributed by atoms with E-state index in [2.05, 4.69) is 15.2 Å². The van der Waals surface area contributed by atoms with Crippen molar-refractivity contribution in [2.75, 3.05) is 6.61 Å². The summed E-state index contributed by atoms with van der Waals surface area (Å²) in [4.78, 5) is 4.32. The minimum atomic E-state index is 0.287. The Morgan fingerprint density at radius 2 is 2.20 bits per heavy atom. The van der Waals surface area contributed by atoms with Crippen molar-refractivity contribution in [2.24, 2.45) is 0 Å². The van der Waals surface area contributed by atoms with Gasteiger partial charge in [0.2, 0.25) is 0 Å². The van der Waals surface area contributed by atoms with E-state index in [0.717, 1.165) is 37.5 Å². The first-order valence-corrected chi connectivity index (χ1v) is 7.27. The van der Waals surface area contributed by atoms with Gasteiger partial charge in [-0.2, -0.15) is 5.10 Å². The molecule has 2 aromatic rings. The largest absolute Gasteiger partial charge is 0.379 e. The summed E-state index contributed by atoms with van der Waals surface area (Å²) in [5.41, 5.74) is 0.832. The first-order valence-electron chi connectivity index (χ1n) is 6.86. The molecule has 0 aliphatic rings. The fourth-order valence-electron chi connectivity index (χ4n) is 1.91. The molecule has 5 nitrogen and oxygen atoms in total. The van der Waals surface area contributed by atoms with Gasteiger partial charge in [-0.25, -0.2) is 0 Å². The second kappa shape index (κ2) is 7.31. The molecule has 6 heteroatoms. The van der Waals surface area contributed by atoms with E-state index in [1.165, 1.54) is 0 Å². The van der Waals surface area contributed by atoms with E-state index < -0.39 is 0 Å². The summed E-state index contributed by atoms with van der Waals surface area (Å²) in [6, 6.07) is 5.77. The zero-order valence-corrected chi connectivity index (χ0v) is 12.7. The monoisotopic (exact) mass is 292 g/mol. The molecule has 2 rings (SSSR count). The molecule has 0 radical (unpaired) electrons. The lowest BCUT2D eigenvalue weighted by Crippen LogP contribution is -2.06. The summed E-state index contributed by atoms with van der Waals surface area (Å²) in [6.07, 6.45) is 4.05. The average molecular weight is 292 g/mol. The van der Waals surface area contributed by atoms with Crippen molar-refractivity contribution in [3.63, 3.8) is 0 Å². The van der Waals surface area contributed by atoms with Gasteiger partial charge in [0.15, 0.2) is 10.6 Å². The molecule has 20 heavy (non-hydrogen) atoms.